The predicted octanol–water partition coefficient (Wildman–Crippen LogP) is 0.536. The minimum absolute atomic E-state index is 0.116. The molecule has 0 bridgehead atoms. The number of amides is 2. The summed E-state index contributed by atoms with van der Waals surface area (Å²) in [6.07, 6.45) is 0.668. The number of hydrogen-bond donors (Lipinski definition) is 2. The van der Waals surface area contributed by atoms with Gasteiger partial charge in [0.25, 0.3) is 0 Å². The van der Waals surface area contributed by atoms with Gasteiger partial charge in [0, 0.05) is 12.7 Å². The van der Waals surface area contributed by atoms with Crippen LogP contribution in [0.2, 0.25) is 0 Å². The van der Waals surface area contributed by atoms with Gasteiger partial charge < -0.3 is 20.1 Å². The van der Waals surface area contributed by atoms with Gasteiger partial charge in [-0.15, -0.1) is 0 Å². The van der Waals surface area contributed by atoms with Crippen molar-refractivity contribution in [1.82, 2.24) is 9.88 Å². The second kappa shape index (κ2) is 5.99. The molecule has 1 saturated heterocycles. The molecule has 0 spiro atoms. The van der Waals surface area contributed by atoms with Gasteiger partial charge in [-0.1, -0.05) is 0 Å². The molecular formula is C12H12N4O4. The van der Waals surface area contributed by atoms with E-state index < -0.39 is 18.1 Å². The fourth-order valence-corrected chi connectivity index (χ4v) is 1.78. The van der Waals surface area contributed by atoms with Crippen molar-refractivity contribution in [2.75, 3.05) is 25.0 Å². The van der Waals surface area contributed by atoms with Gasteiger partial charge in [0.1, 0.15) is 0 Å². The van der Waals surface area contributed by atoms with Crippen LogP contribution in [0.1, 0.15) is 10.5 Å². The maximum Gasteiger partial charge on any atom is 0.356 e. The van der Waals surface area contributed by atoms with Gasteiger partial charge in [-0.05, 0) is 12.1 Å². The quantitative estimate of drug-likeness (QED) is 0.814. The molecule has 20 heavy (non-hydrogen) atoms. The van der Waals surface area contributed by atoms with Crippen molar-refractivity contribution in [2.24, 2.45) is 0 Å². The average molecular weight is 276 g/mol. The number of carbonyl (C=O) groups excluding carboxylic acids is 1. The molecular weight excluding hydrogens is 264 g/mol. The predicted molar refractivity (Wildman–Crippen MR) is 67.1 cm³/mol. The number of ether oxygens (including phenoxy) is 1. The van der Waals surface area contributed by atoms with Crippen LogP contribution < -0.4 is 5.32 Å². The number of carboxylic acid groups (broad SMARTS) is 1. The van der Waals surface area contributed by atoms with Crippen LogP contribution in [0, 0.1) is 11.3 Å². The van der Waals surface area contributed by atoms with Crippen LogP contribution in [0.5, 0.6) is 0 Å². The van der Waals surface area contributed by atoms with E-state index >= 15 is 0 Å². The van der Waals surface area contributed by atoms with Crippen molar-refractivity contribution in [3.8, 4) is 6.07 Å². The Kier molecular flexibility index (Phi) is 4.12. The number of aromatic carboxylic acids is 1. The normalized spacial score (nSPS) is 18.1. The third-order valence-electron chi connectivity index (χ3n) is 2.75. The molecule has 1 fully saturated rings. The second-order valence-corrected chi connectivity index (χ2v) is 4.07. The summed E-state index contributed by atoms with van der Waals surface area (Å²) in [4.78, 5) is 28.1. The maximum absolute atomic E-state index is 12.0. The highest BCUT2D eigenvalue weighted by Crippen LogP contribution is 2.14. The third-order valence-corrected chi connectivity index (χ3v) is 2.75. The summed E-state index contributed by atoms with van der Waals surface area (Å²) < 4.78 is 5.13. The number of aromatic nitrogens is 1. The number of anilines is 1. The average Bonchev–Trinajstić information content (AvgIpc) is 2.47. The van der Waals surface area contributed by atoms with Crippen molar-refractivity contribution >= 4 is 17.7 Å². The van der Waals surface area contributed by atoms with Crippen LogP contribution in [-0.4, -0.2) is 52.8 Å². The fourth-order valence-electron chi connectivity index (χ4n) is 1.78. The number of nitrogens with zero attached hydrogens (tertiary/aromatic N) is 3. The molecule has 1 unspecified atom stereocenters. The zero-order valence-electron chi connectivity index (χ0n) is 10.4. The number of morpholine rings is 1. The molecule has 1 aromatic heterocycles. The van der Waals surface area contributed by atoms with Crippen molar-refractivity contribution in [1.29, 1.82) is 5.26 Å². The van der Waals surface area contributed by atoms with Gasteiger partial charge in [0.15, 0.2) is 11.8 Å². The molecule has 0 saturated carbocycles. The molecule has 1 atom stereocenters. The van der Waals surface area contributed by atoms with E-state index in [1.165, 1.54) is 23.2 Å². The third kappa shape index (κ3) is 3.02. The minimum Gasteiger partial charge on any atom is -0.476 e. The van der Waals surface area contributed by atoms with Crippen molar-refractivity contribution in [2.45, 2.75) is 6.10 Å². The molecule has 8 heteroatoms. The minimum atomic E-state index is -1.22. The highest BCUT2D eigenvalue weighted by atomic mass is 16.5. The first kappa shape index (κ1) is 13.8. The van der Waals surface area contributed by atoms with Crippen LogP contribution in [-0.2, 0) is 4.74 Å². The summed E-state index contributed by atoms with van der Waals surface area (Å²) in [5.41, 5.74) is -0.115. The lowest BCUT2D eigenvalue weighted by Gasteiger charge is -2.29. The molecule has 2 N–H and O–H groups in total. The zero-order chi connectivity index (χ0) is 14.5. The molecule has 2 heterocycles. The van der Waals surface area contributed by atoms with Gasteiger partial charge in [-0.25, -0.2) is 14.6 Å². The van der Waals surface area contributed by atoms with Gasteiger partial charge in [-0.2, -0.15) is 5.26 Å². The summed E-state index contributed by atoms with van der Waals surface area (Å²) in [5.74, 6) is -1.22. The lowest BCUT2D eigenvalue weighted by molar-refractivity contribution is 0.0181. The van der Waals surface area contributed by atoms with Crippen LogP contribution in [0.15, 0.2) is 18.3 Å². The Hall–Kier alpha value is -2.66. The van der Waals surface area contributed by atoms with E-state index in [4.69, 9.17) is 15.1 Å². The number of pyridine rings is 1. The highest BCUT2D eigenvalue weighted by Gasteiger charge is 2.25. The number of urea groups is 1. The van der Waals surface area contributed by atoms with Crippen LogP contribution in [0.3, 0.4) is 0 Å². The van der Waals surface area contributed by atoms with Gasteiger partial charge in [0.2, 0.25) is 0 Å². The van der Waals surface area contributed by atoms with Crippen LogP contribution in [0.25, 0.3) is 0 Å². The Labute approximate surface area is 114 Å². The topological polar surface area (TPSA) is 116 Å². The molecule has 1 aromatic rings. The molecule has 1 aliphatic heterocycles. The summed E-state index contributed by atoms with van der Waals surface area (Å²) in [7, 11) is 0. The Morgan fingerprint density at radius 3 is 3.10 bits per heavy atom. The highest BCUT2D eigenvalue weighted by molar-refractivity contribution is 5.98. The molecule has 0 aromatic carbocycles. The molecule has 0 aliphatic carbocycles. The first-order valence-corrected chi connectivity index (χ1v) is 5.87. The molecule has 2 amide bonds. The molecule has 1 aliphatic rings. The van der Waals surface area contributed by atoms with Crippen molar-refractivity contribution in [3.05, 3.63) is 24.0 Å². The molecule has 2 rings (SSSR count). The SMILES string of the molecule is N#CC1CN(C(=O)Nc2cccnc2C(=O)O)CCO1. The summed E-state index contributed by atoms with van der Waals surface area (Å²) in [6.45, 7) is 0.752. The number of carboxylic acids is 1. The van der Waals surface area contributed by atoms with Crippen molar-refractivity contribution < 1.29 is 19.4 Å². The maximum atomic E-state index is 12.0. The van der Waals surface area contributed by atoms with Gasteiger partial charge >= 0.3 is 12.0 Å². The first-order chi connectivity index (χ1) is 9.61. The van der Waals surface area contributed by atoms with E-state index in [0.717, 1.165) is 0 Å². The van der Waals surface area contributed by atoms with Crippen LogP contribution >= 0.6 is 0 Å². The molecule has 104 valence electrons. The largest absolute Gasteiger partial charge is 0.476 e. The number of rotatable bonds is 2. The Morgan fingerprint density at radius 1 is 1.60 bits per heavy atom. The zero-order valence-corrected chi connectivity index (χ0v) is 10.4. The fraction of sp³-hybridized carbons (Fsp3) is 0.333. The lowest BCUT2D eigenvalue weighted by atomic mass is 10.3. The van der Waals surface area contributed by atoms with E-state index in [2.05, 4.69) is 10.3 Å². The monoisotopic (exact) mass is 276 g/mol. The lowest BCUT2D eigenvalue weighted by Crippen LogP contribution is -2.47. The standard InChI is InChI=1S/C12H12N4O4/c13-6-8-7-16(4-5-20-8)12(19)15-9-2-1-3-14-10(9)11(17)18/h1-3,8H,4-5,7H2,(H,15,19)(H,17,18). The Balaban J connectivity index is 2.08. The summed E-state index contributed by atoms with van der Waals surface area (Å²) in [6, 6.07) is 4.43. The summed E-state index contributed by atoms with van der Waals surface area (Å²) >= 11 is 0. The molecule has 8 nitrogen and oxygen atoms in total. The number of carbonyl (C=O) groups is 2. The number of nitriles is 1. The van der Waals surface area contributed by atoms with E-state index in [1.54, 1.807) is 0 Å². The summed E-state index contributed by atoms with van der Waals surface area (Å²) in [5, 5.41) is 20.2. The number of nitrogens with one attached hydrogen (secondary N) is 1. The van der Waals surface area contributed by atoms with E-state index in [-0.39, 0.29) is 24.5 Å². The Morgan fingerprint density at radius 2 is 2.40 bits per heavy atom. The van der Waals surface area contributed by atoms with E-state index in [9.17, 15) is 9.59 Å². The van der Waals surface area contributed by atoms with Gasteiger partial charge in [0.05, 0.1) is 24.9 Å². The van der Waals surface area contributed by atoms with Crippen LogP contribution in [0.4, 0.5) is 10.5 Å². The Bertz CT molecular complexity index is 569. The smallest absolute Gasteiger partial charge is 0.356 e. The van der Waals surface area contributed by atoms with E-state index in [0.29, 0.717) is 6.54 Å². The van der Waals surface area contributed by atoms with Crippen molar-refractivity contribution in [3.63, 3.8) is 0 Å². The van der Waals surface area contributed by atoms with E-state index in [1.807, 2.05) is 6.07 Å². The first-order valence-electron chi connectivity index (χ1n) is 5.87. The van der Waals surface area contributed by atoms with Gasteiger partial charge in [-0.3, -0.25) is 0 Å². The molecule has 0 radical (unpaired) electrons. The second-order valence-electron chi connectivity index (χ2n) is 4.07. The number of hydrogen-bond acceptors (Lipinski definition) is 5.